The number of hydrogen-bond acceptors (Lipinski definition) is 0. The Morgan fingerprint density at radius 3 is 1.57 bits per heavy atom. The van der Waals surface area contributed by atoms with Gasteiger partial charge in [-0.2, -0.15) is 0 Å². The van der Waals surface area contributed by atoms with Crippen molar-refractivity contribution in [3.63, 3.8) is 0 Å². The number of rotatable bonds is 5. The van der Waals surface area contributed by atoms with Crippen LogP contribution in [0.3, 0.4) is 0 Å². The molecular weight excluding hydrogens is 707 g/mol. The van der Waals surface area contributed by atoms with Gasteiger partial charge in [-0.25, -0.2) is 0 Å². The standard InChI is InChI=1S/C21H23.C20H21.2CH3.2ClH.H2Si.Zr/c1-13(2)18-11-17-7-6-8-19(20(17)12-18)21-15(4)9-14(3)10-16(21)5;1-12-8-15(4)20(16(5)9-12)17-7-6-14(3)18-10-13(2)11-19(17)18;;;;;;/h6-13H,1-5H3;6-11H,1-5H3;2*1H3;2*1H;1H2;. The fraction of sp³-hybridized carbons (Fsp3) is 0.349. The van der Waals surface area contributed by atoms with Crippen molar-refractivity contribution >= 4 is 43.8 Å². The molecule has 248 valence electrons. The van der Waals surface area contributed by atoms with E-state index in [9.17, 15) is 0 Å². The number of halogens is 2. The molecule has 0 aromatic heterocycles. The fourth-order valence-corrected chi connectivity index (χ4v) is 30.5. The van der Waals surface area contributed by atoms with E-state index in [4.69, 9.17) is 0 Å². The van der Waals surface area contributed by atoms with E-state index in [1.54, 1.807) is 22.3 Å². The van der Waals surface area contributed by atoms with Crippen molar-refractivity contribution in [2.75, 3.05) is 0 Å². The Morgan fingerprint density at radius 1 is 0.596 bits per heavy atom. The number of aryl methyl sites for hydroxylation is 7. The number of hydrogen-bond donors (Lipinski definition) is 0. The molecule has 4 aromatic carbocycles. The molecule has 0 spiro atoms. The molecule has 2 aliphatic rings. The molecule has 0 bridgehead atoms. The molecule has 0 saturated carbocycles. The van der Waals surface area contributed by atoms with Crippen LogP contribution in [0.15, 0.2) is 65.7 Å². The first-order valence-electron chi connectivity index (χ1n) is 16.9. The summed E-state index contributed by atoms with van der Waals surface area (Å²) in [6.07, 6.45) is 5.21. The molecule has 2 unspecified atom stereocenters. The Balaban J connectivity index is 0.00000250. The molecule has 0 amide bonds. The van der Waals surface area contributed by atoms with Gasteiger partial charge in [0.1, 0.15) is 0 Å². The van der Waals surface area contributed by atoms with Crippen molar-refractivity contribution in [1.29, 1.82) is 0 Å². The second-order valence-electron chi connectivity index (χ2n) is 16.1. The van der Waals surface area contributed by atoms with E-state index < -0.39 is 17.4 Å². The van der Waals surface area contributed by atoms with Gasteiger partial charge in [-0.15, -0.1) is 24.8 Å². The van der Waals surface area contributed by atoms with Gasteiger partial charge in [0.25, 0.3) is 0 Å². The van der Waals surface area contributed by atoms with Crippen LogP contribution in [0.1, 0.15) is 89.2 Å². The molecular formula is C43H54Cl2SiZr. The fourth-order valence-electron chi connectivity index (χ4n) is 9.84. The second kappa shape index (κ2) is 13.1. The SMILES string of the molecule is CC1=Cc2c(-c3c(C)cc(C)cc3C)ccc(C)c2[CH]1[Zr]([CH3])([CH3])(=[SiH2])[CH]1C(C(C)C)=Cc2c(-c3c(C)cc(C)cc3C)cccc21.Cl.Cl. The van der Waals surface area contributed by atoms with Crippen molar-refractivity contribution in [3.05, 3.63) is 127 Å². The summed E-state index contributed by atoms with van der Waals surface area (Å²) >= 11 is -3.72. The summed E-state index contributed by atoms with van der Waals surface area (Å²) in [5.74, 6) is 0.503. The topological polar surface area (TPSA) is 0 Å². The first-order chi connectivity index (χ1) is 21.0. The van der Waals surface area contributed by atoms with E-state index in [0.717, 1.165) is 0 Å². The monoisotopic (exact) mass is 758 g/mol. The van der Waals surface area contributed by atoms with E-state index in [0.29, 0.717) is 13.2 Å². The van der Waals surface area contributed by atoms with E-state index >= 15 is 0 Å². The third kappa shape index (κ3) is 6.09. The zero-order chi connectivity index (χ0) is 32.8. The van der Waals surface area contributed by atoms with Crippen LogP contribution in [0.25, 0.3) is 34.4 Å². The molecule has 2 aliphatic carbocycles. The van der Waals surface area contributed by atoms with Crippen molar-refractivity contribution < 1.29 is 17.4 Å². The van der Waals surface area contributed by atoms with Crippen LogP contribution in [-0.4, -0.2) is 6.88 Å². The maximum Gasteiger partial charge on any atom is -0.147 e. The third-order valence-corrected chi connectivity index (χ3v) is 28.7. The average molecular weight is 761 g/mol. The Labute approximate surface area is 299 Å². The van der Waals surface area contributed by atoms with Gasteiger partial charge in [-0.1, -0.05) is 0 Å². The molecule has 0 saturated heterocycles. The van der Waals surface area contributed by atoms with Gasteiger partial charge in [-0.3, -0.25) is 0 Å². The summed E-state index contributed by atoms with van der Waals surface area (Å²) in [7, 11) is 0. The minimum absolute atomic E-state index is 0. The van der Waals surface area contributed by atoms with Crippen LogP contribution in [0, 0.1) is 54.4 Å². The van der Waals surface area contributed by atoms with E-state index in [-0.39, 0.29) is 24.8 Å². The Kier molecular flexibility index (Phi) is 10.5. The predicted molar refractivity (Wildman–Crippen MR) is 214 cm³/mol. The average Bonchev–Trinajstić information content (AvgIpc) is 3.50. The quantitative estimate of drug-likeness (QED) is 0.178. The van der Waals surface area contributed by atoms with Gasteiger partial charge in [0, 0.05) is 0 Å². The van der Waals surface area contributed by atoms with Crippen molar-refractivity contribution in [1.82, 2.24) is 0 Å². The van der Waals surface area contributed by atoms with Gasteiger partial charge in [0.15, 0.2) is 0 Å². The van der Waals surface area contributed by atoms with E-state index in [2.05, 4.69) is 152 Å². The van der Waals surface area contributed by atoms with E-state index in [1.165, 1.54) is 72.3 Å². The Bertz CT molecular complexity index is 2010. The van der Waals surface area contributed by atoms with Crippen LogP contribution in [0.4, 0.5) is 0 Å². The molecule has 4 heteroatoms. The summed E-state index contributed by atoms with van der Waals surface area (Å²) in [5.41, 5.74) is 24.7. The first kappa shape index (κ1) is 37.9. The minimum Gasteiger partial charge on any atom is -0.147 e. The first-order valence-corrected chi connectivity index (χ1v) is 30.6. The van der Waals surface area contributed by atoms with Crippen molar-refractivity contribution in [2.24, 2.45) is 5.92 Å². The molecule has 0 nitrogen and oxygen atoms in total. The molecule has 0 aliphatic heterocycles. The Morgan fingerprint density at radius 2 is 1.09 bits per heavy atom. The molecule has 0 radical (unpaired) electrons. The van der Waals surface area contributed by atoms with Gasteiger partial charge in [-0.05, 0) is 0 Å². The predicted octanol–water partition coefficient (Wildman–Crippen LogP) is 12.6. The number of benzene rings is 4. The molecule has 0 N–H and O–H groups in total. The molecule has 47 heavy (non-hydrogen) atoms. The maximum atomic E-state index is 2.79. The summed E-state index contributed by atoms with van der Waals surface area (Å²) in [4.78, 5) is 0. The van der Waals surface area contributed by atoms with E-state index in [1.807, 2.05) is 0 Å². The summed E-state index contributed by atoms with van der Waals surface area (Å²) in [5, 5.41) is 0. The van der Waals surface area contributed by atoms with Crippen LogP contribution in [-0.2, 0) is 17.4 Å². The molecule has 2 atom stereocenters. The second-order valence-corrected chi connectivity index (χ2v) is 46.6. The smallest absolute Gasteiger partial charge is 0.147 e. The normalized spacial score (nSPS) is 17.1. The summed E-state index contributed by atoms with van der Waals surface area (Å²) in [6, 6.07) is 21.5. The van der Waals surface area contributed by atoms with Crippen LogP contribution >= 0.6 is 24.8 Å². The third-order valence-electron chi connectivity index (χ3n) is 11.2. The maximum absolute atomic E-state index is 3.72. The number of allylic oxidation sites excluding steroid dienone is 2. The van der Waals surface area contributed by atoms with Gasteiger partial charge in [0.2, 0.25) is 0 Å². The van der Waals surface area contributed by atoms with Crippen LogP contribution < -0.4 is 0 Å². The zero-order valence-corrected chi connectivity index (χ0v) is 36.1. The van der Waals surface area contributed by atoms with Crippen LogP contribution in [0.5, 0.6) is 0 Å². The summed E-state index contributed by atoms with van der Waals surface area (Å²) < 4.78 is 6.60. The Hall–Kier alpha value is -1.96. The van der Waals surface area contributed by atoms with Gasteiger partial charge < -0.3 is 0 Å². The summed E-state index contributed by atoms with van der Waals surface area (Å²) in [6.45, 7) is 25.7. The largest absolute Gasteiger partial charge is 0.147 e. The molecule has 0 fully saturated rings. The van der Waals surface area contributed by atoms with Gasteiger partial charge in [0.05, 0.1) is 0 Å². The van der Waals surface area contributed by atoms with Crippen molar-refractivity contribution in [2.45, 2.75) is 85.8 Å². The van der Waals surface area contributed by atoms with Crippen LogP contribution in [0.2, 0.25) is 9.26 Å². The number of fused-ring (bicyclic) bond motifs is 2. The molecule has 6 rings (SSSR count). The zero-order valence-electron chi connectivity index (χ0n) is 30.6. The minimum atomic E-state index is -3.72. The van der Waals surface area contributed by atoms with Crippen molar-refractivity contribution in [3.8, 4) is 22.3 Å². The van der Waals surface area contributed by atoms with Gasteiger partial charge >= 0.3 is 277 Å². The molecule has 0 heterocycles. The molecule has 4 aromatic rings.